The summed E-state index contributed by atoms with van der Waals surface area (Å²) in [6.07, 6.45) is 3.75. The third kappa shape index (κ3) is 4.48. The average Bonchev–Trinajstić information content (AvgIpc) is 3.08. The number of benzene rings is 1. The van der Waals surface area contributed by atoms with Crippen LogP contribution in [0.2, 0.25) is 0 Å². The van der Waals surface area contributed by atoms with Gasteiger partial charge in [0.1, 0.15) is 5.75 Å². The molecule has 0 spiro atoms. The van der Waals surface area contributed by atoms with Gasteiger partial charge >= 0.3 is 0 Å². The maximum absolute atomic E-state index is 12.4. The van der Waals surface area contributed by atoms with E-state index in [1.54, 1.807) is 0 Å². The number of hydrogen-bond donors (Lipinski definition) is 1. The van der Waals surface area contributed by atoms with Gasteiger partial charge in [0.05, 0.1) is 13.2 Å². The van der Waals surface area contributed by atoms with E-state index < -0.39 is 6.10 Å². The first-order chi connectivity index (χ1) is 11.8. The molecule has 0 saturated carbocycles. The molecule has 5 nitrogen and oxygen atoms in total. The van der Waals surface area contributed by atoms with E-state index in [0.717, 1.165) is 51.4 Å². The monoisotopic (exact) mass is 332 g/mol. The summed E-state index contributed by atoms with van der Waals surface area (Å²) in [6, 6.07) is 6.24. The van der Waals surface area contributed by atoms with Crippen molar-refractivity contribution in [3.05, 3.63) is 29.3 Å². The second-order valence-corrected chi connectivity index (χ2v) is 6.54. The number of morpholine rings is 1. The molecule has 1 aliphatic carbocycles. The summed E-state index contributed by atoms with van der Waals surface area (Å²) in [7, 11) is 0. The largest absolute Gasteiger partial charge is 0.481 e. The minimum atomic E-state index is -0.422. The number of amides is 1. The number of hydrogen-bond acceptors (Lipinski definition) is 4. The molecule has 1 unspecified atom stereocenters. The summed E-state index contributed by atoms with van der Waals surface area (Å²) in [5.41, 5.74) is 2.79. The number of nitrogens with zero attached hydrogens (tertiary/aromatic N) is 1. The summed E-state index contributed by atoms with van der Waals surface area (Å²) < 4.78 is 11.3. The van der Waals surface area contributed by atoms with Gasteiger partial charge in [0, 0.05) is 26.2 Å². The van der Waals surface area contributed by atoms with Crippen LogP contribution in [0, 0.1) is 0 Å². The summed E-state index contributed by atoms with van der Waals surface area (Å²) in [5, 5.41) is 3.01. The first-order valence-corrected chi connectivity index (χ1v) is 9.12. The average molecular weight is 332 g/mol. The van der Waals surface area contributed by atoms with Gasteiger partial charge in [-0.3, -0.25) is 9.69 Å². The molecule has 1 saturated heterocycles. The normalized spacial score (nSPS) is 18.9. The first kappa shape index (κ1) is 17.2. The zero-order valence-corrected chi connectivity index (χ0v) is 14.6. The number of aryl methyl sites for hydroxylation is 2. The Morgan fingerprint density at radius 2 is 2.08 bits per heavy atom. The predicted octanol–water partition coefficient (Wildman–Crippen LogP) is 1.78. The van der Waals surface area contributed by atoms with Crippen LogP contribution in [0.1, 0.15) is 30.9 Å². The number of ether oxygens (including phenoxy) is 2. The van der Waals surface area contributed by atoms with Crippen molar-refractivity contribution in [3.8, 4) is 5.75 Å². The summed E-state index contributed by atoms with van der Waals surface area (Å²) in [6.45, 7) is 6.96. The van der Waals surface area contributed by atoms with E-state index in [4.69, 9.17) is 9.47 Å². The van der Waals surface area contributed by atoms with Crippen LogP contribution in [0.25, 0.3) is 0 Å². The Hall–Kier alpha value is -1.59. The molecule has 24 heavy (non-hydrogen) atoms. The molecular formula is C19H28N2O3. The van der Waals surface area contributed by atoms with Crippen LogP contribution in [-0.2, 0) is 22.4 Å². The van der Waals surface area contributed by atoms with Crippen LogP contribution in [0.15, 0.2) is 18.2 Å². The van der Waals surface area contributed by atoms with E-state index >= 15 is 0 Å². The van der Waals surface area contributed by atoms with Crippen LogP contribution in [0.5, 0.6) is 5.75 Å². The highest BCUT2D eigenvalue weighted by Crippen LogP contribution is 2.26. The van der Waals surface area contributed by atoms with Gasteiger partial charge in [-0.2, -0.15) is 0 Å². The number of carbonyl (C=O) groups excluding carboxylic acids is 1. The zero-order valence-electron chi connectivity index (χ0n) is 14.6. The Kier molecular flexibility index (Phi) is 6.10. The van der Waals surface area contributed by atoms with Crippen LogP contribution in [0.4, 0.5) is 0 Å². The highest BCUT2D eigenvalue weighted by molar-refractivity contribution is 5.81. The lowest BCUT2D eigenvalue weighted by Crippen LogP contribution is -2.44. The number of fused-ring (bicyclic) bond motifs is 1. The maximum Gasteiger partial charge on any atom is 0.261 e. The summed E-state index contributed by atoms with van der Waals surface area (Å²) in [4.78, 5) is 14.7. The van der Waals surface area contributed by atoms with Gasteiger partial charge < -0.3 is 14.8 Å². The van der Waals surface area contributed by atoms with E-state index in [9.17, 15) is 4.79 Å². The zero-order chi connectivity index (χ0) is 16.8. The molecule has 1 aromatic rings. The van der Waals surface area contributed by atoms with Crippen LogP contribution in [0.3, 0.4) is 0 Å². The van der Waals surface area contributed by atoms with Gasteiger partial charge in [-0.15, -0.1) is 0 Å². The van der Waals surface area contributed by atoms with Gasteiger partial charge in [-0.1, -0.05) is 13.0 Å². The lowest BCUT2D eigenvalue weighted by Gasteiger charge is -2.26. The molecule has 1 N–H and O–H groups in total. The topological polar surface area (TPSA) is 50.8 Å². The van der Waals surface area contributed by atoms with Gasteiger partial charge in [0.15, 0.2) is 6.10 Å². The van der Waals surface area contributed by atoms with E-state index in [1.807, 2.05) is 13.0 Å². The van der Waals surface area contributed by atoms with Crippen molar-refractivity contribution >= 4 is 5.91 Å². The van der Waals surface area contributed by atoms with Gasteiger partial charge in [-0.25, -0.2) is 0 Å². The highest BCUT2D eigenvalue weighted by atomic mass is 16.5. The molecule has 132 valence electrons. The van der Waals surface area contributed by atoms with Crippen molar-refractivity contribution in [1.29, 1.82) is 0 Å². The number of nitrogens with one attached hydrogen (secondary N) is 1. The van der Waals surface area contributed by atoms with Crippen LogP contribution < -0.4 is 10.1 Å². The van der Waals surface area contributed by atoms with Gasteiger partial charge in [0.2, 0.25) is 0 Å². The van der Waals surface area contributed by atoms with E-state index in [2.05, 4.69) is 22.3 Å². The Labute approximate surface area is 144 Å². The van der Waals surface area contributed by atoms with Gasteiger partial charge in [-0.05, 0) is 48.9 Å². The SMILES string of the molecule is CCC(Oc1ccc2c(c1)CCC2)C(=O)NCCN1CCOCC1. The quantitative estimate of drug-likeness (QED) is 0.827. The molecule has 1 amide bonds. The van der Waals surface area contributed by atoms with Crippen molar-refractivity contribution in [2.75, 3.05) is 39.4 Å². The number of rotatable bonds is 7. The fourth-order valence-electron chi connectivity index (χ4n) is 3.38. The van der Waals surface area contributed by atoms with Crippen molar-refractivity contribution in [1.82, 2.24) is 10.2 Å². The second kappa shape index (κ2) is 8.49. The van der Waals surface area contributed by atoms with Gasteiger partial charge in [0.25, 0.3) is 5.91 Å². The Morgan fingerprint density at radius 1 is 1.29 bits per heavy atom. The van der Waals surface area contributed by atoms with Crippen molar-refractivity contribution in [3.63, 3.8) is 0 Å². The van der Waals surface area contributed by atoms with Crippen LogP contribution in [-0.4, -0.2) is 56.3 Å². The molecule has 0 radical (unpaired) electrons. The molecule has 2 aliphatic rings. The standard InChI is InChI=1S/C19H28N2O3/c1-2-18(19(22)20-8-9-21-10-12-23-13-11-21)24-17-7-6-15-4-3-5-16(15)14-17/h6-7,14,18H,2-5,8-13H2,1H3,(H,20,22). The van der Waals surface area contributed by atoms with E-state index in [-0.39, 0.29) is 5.91 Å². The Morgan fingerprint density at radius 3 is 2.88 bits per heavy atom. The molecule has 1 aliphatic heterocycles. The first-order valence-electron chi connectivity index (χ1n) is 9.12. The predicted molar refractivity (Wildman–Crippen MR) is 93.4 cm³/mol. The second-order valence-electron chi connectivity index (χ2n) is 6.54. The molecule has 0 bridgehead atoms. The lowest BCUT2D eigenvalue weighted by atomic mass is 10.1. The molecule has 1 heterocycles. The molecule has 3 rings (SSSR count). The summed E-state index contributed by atoms with van der Waals surface area (Å²) in [5.74, 6) is 0.789. The van der Waals surface area contributed by atoms with Crippen molar-refractivity contribution in [2.24, 2.45) is 0 Å². The molecule has 1 aromatic carbocycles. The minimum absolute atomic E-state index is 0.0220. The Bertz CT molecular complexity index is 556. The number of carbonyl (C=O) groups is 1. The molecule has 1 fully saturated rings. The molecule has 1 atom stereocenters. The minimum Gasteiger partial charge on any atom is -0.481 e. The Balaban J connectivity index is 1.47. The summed E-state index contributed by atoms with van der Waals surface area (Å²) >= 11 is 0. The van der Waals surface area contributed by atoms with E-state index in [0.29, 0.717) is 13.0 Å². The lowest BCUT2D eigenvalue weighted by molar-refractivity contribution is -0.128. The van der Waals surface area contributed by atoms with E-state index in [1.165, 1.54) is 17.5 Å². The molecule has 5 heteroatoms. The van der Waals surface area contributed by atoms with Crippen molar-refractivity contribution in [2.45, 2.75) is 38.7 Å². The fraction of sp³-hybridized carbons (Fsp3) is 0.632. The maximum atomic E-state index is 12.4. The van der Waals surface area contributed by atoms with Crippen molar-refractivity contribution < 1.29 is 14.3 Å². The fourth-order valence-corrected chi connectivity index (χ4v) is 3.38. The molecule has 0 aromatic heterocycles. The smallest absolute Gasteiger partial charge is 0.261 e. The molecular weight excluding hydrogens is 304 g/mol. The third-order valence-corrected chi connectivity index (χ3v) is 4.84. The highest BCUT2D eigenvalue weighted by Gasteiger charge is 2.20. The third-order valence-electron chi connectivity index (χ3n) is 4.84. The van der Waals surface area contributed by atoms with Crippen LogP contribution >= 0.6 is 0 Å².